The van der Waals surface area contributed by atoms with Crippen LogP contribution in [0, 0.1) is 0 Å². The second-order valence-corrected chi connectivity index (χ2v) is 7.02. The Labute approximate surface area is 153 Å². The molecule has 0 spiro atoms. The molecule has 25 heavy (non-hydrogen) atoms. The molecule has 0 aromatic heterocycles. The summed E-state index contributed by atoms with van der Waals surface area (Å²) < 4.78 is 0. The number of carboxylic acid groups (broad SMARTS) is 2. The van der Waals surface area contributed by atoms with Crippen LogP contribution in [-0.4, -0.2) is 46.2 Å². The van der Waals surface area contributed by atoms with Crippen molar-refractivity contribution in [2.75, 3.05) is 13.1 Å². The molecular formula is C20H39NO4. The average Bonchev–Trinajstić information content (AvgIpc) is 2.56. The lowest BCUT2D eigenvalue weighted by atomic mass is 10.1. The highest BCUT2D eigenvalue weighted by molar-refractivity contribution is 5.80. The minimum Gasteiger partial charge on any atom is -0.481 e. The second-order valence-electron chi connectivity index (χ2n) is 7.02. The third kappa shape index (κ3) is 13.8. The van der Waals surface area contributed by atoms with Crippen LogP contribution < -0.4 is 0 Å². The maximum Gasteiger partial charge on any atom is 0.321 e. The fraction of sp³-hybridized carbons (Fsp3) is 0.900. The number of carboxylic acids is 2. The Morgan fingerprint density at radius 2 is 1.12 bits per heavy atom. The number of unbranched alkanes of at least 4 members (excludes halogenated alkanes) is 10. The highest BCUT2D eigenvalue weighted by atomic mass is 16.4. The third-order valence-corrected chi connectivity index (χ3v) is 4.69. The molecule has 0 aliphatic heterocycles. The zero-order valence-corrected chi connectivity index (χ0v) is 16.3. The molecule has 0 aromatic rings. The van der Waals surface area contributed by atoms with Gasteiger partial charge in [-0.3, -0.25) is 14.5 Å². The summed E-state index contributed by atoms with van der Waals surface area (Å²) >= 11 is 0. The van der Waals surface area contributed by atoms with Crippen LogP contribution in [0.2, 0.25) is 0 Å². The monoisotopic (exact) mass is 357 g/mol. The van der Waals surface area contributed by atoms with Gasteiger partial charge in [-0.2, -0.15) is 0 Å². The molecule has 0 radical (unpaired) electrons. The molecule has 148 valence electrons. The van der Waals surface area contributed by atoms with Gasteiger partial charge < -0.3 is 10.2 Å². The number of hydrogen-bond acceptors (Lipinski definition) is 3. The van der Waals surface area contributed by atoms with E-state index < -0.39 is 18.0 Å². The Hall–Kier alpha value is -1.10. The van der Waals surface area contributed by atoms with Gasteiger partial charge >= 0.3 is 11.9 Å². The Kier molecular flexibility index (Phi) is 15.7. The van der Waals surface area contributed by atoms with E-state index in [1.165, 1.54) is 51.4 Å². The zero-order chi connectivity index (χ0) is 18.9. The van der Waals surface area contributed by atoms with Crippen LogP contribution in [0.25, 0.3) is 0 Å². The van der Waals surface area contributed by atoms with Crippen LogP contribution in [-0.2, 0) is 9.59 Å². The number of nitrogens with zero attached hydrogens (tertiary/aromatic N) is 1. The molecule has 5 nitrogen and oxygen atoms in total. The van der Waals surface area contributed by atoms with Gasteiger partial charge in [0.25, 0.3) is 0 Å². The smallest absolute Gasteiger partial charge is 0.321 e. The van der Waals surface area contributed by atoms with Gasteiger partial charge in [-0.25, -0.2) is 0 Å². The molecule has 5 heteroatoms. The van der Waals surface area contributed by atoms with E-state index in [1.807, 2.05) is 4.90 Å². The first-order valence-electron chi connectivity index (χ1n) is 10.2. The maximum absolute atomic E-state index is 11.5. The SMILES string of the molecule is CCCCCCCCN(CCCCCCCC)C(CC(=O)O)C(=O)O. The van der Waals surface area contributed by atoms with Gasteiger partial charge in [-0.1, -0.05) is 78.1 Å². The van der Waals surface area contributed by atoms with E-state index in [0.29, 0.717) is 13.1 Å². The summed E-state index contributed by atoms with van der Waals surface area (Å²) in [6.07, 6.45) is 13.5. The highest BCUT2D eigenvalue weighted by Crippen LogP contribution is 2.13. The van der Waals surface area contributed by atoms with Crippen molar-refractivity contribution >= 4 is 11.9 Å². The van der Waals surface area contributed by atoms with Crippen LogP contribution >= 0.6 is 0 Å². The van der Waals surface area contributed by atoms with Crippen LogP contribution in [0.1, 0.15) is 97.3 Å². The second kappa shape index (κ2) is 16.4. The predicted octanol–water partition coefficient (Wildman–Crippen LogP) is 4.94. The van der Waals surface area contributed by atoms with Gasteiger partial charge in [-0.15, -0.1) is 0 Å². The van der Waals surface area contributed by atoms with Gasteiger partial charge in [-0.05, 0) is 25.9 Å². The van der Waals surface area contributed by atoms with Crippen molar-refractivity contribution in [3.63, 3.8) is 0 Å². The summed E-state index contributed by atoms with van der Waals surface area (Å²) in [7, 11) is 0. The normalized spacial score (nSPS) is 12.4. The Balaban J connectivity index is 4.36. The Morgan fingerprint density at radius 1 is 0.720 bits per heavy atom. The number of rotatable bonds is 18. The van der Waals surface area contributed by atoms with Crippen molar-refractivity contribution in [1.29, 1.82) is 0 Å². The molecule has 0 rings (SSSR count). The topological polar surface area (TPSA) is 77.8 Å². The summed E-state index contributed by atoms with van der Waals surface area (Å²) in [5.74, 6) is -2.05. The molecule has 1 unspecified atom stereocenters. The fourth-order valence-corrected chi connectivity index (χ4v) is 3.15. The summed E-state index contributed by atoms with van der Waals surface area (Å²) in [6.45, 7) is 5.74. The van der Waals surface area contributed by atoms with E-state index in [-0.39, 0.29) is 6.42 Å². The molecule has 0 fully saturated rings. The minimum absolute atomic E-state index is 0.318. The van der Waals surface area contributed by atoms with Crippen LogP contribution in [0.4, 0.5) is 0 Å². The van der Waals surface area contributed by atoms with Crippen molar-refractivity contribution in [3.8, 4) is 0 Å². The molecule has 0 bridgehead atoms. The Bertz CT molecular complexity index is 331. The van der Waals surface area contributed by atoms with Crippen molar-refractivity contribution in [2.24, 2.45) is 0 Å². The number of aliphatic carboxylic acids is 2. The largest absolute Gasteiger partial charge is 0.481 e. The molecule has 0 heterocycles. The van der Waals surface area contributed by atoms with Gasteiger partial charge in [0, 0.05) is 0 Å². The van der Waals surface area contributed by atoms with Crippen molar-refractivity contribution in [2.45, 2.75) is 103 Å². The van der Waals surface area contributed by atoms with Gasteiger partial charge in [0.2, 0.25) is 0 Å². The molecule has 0 aliphatic carbocycles. The maximum atomic E-state index is 11.5. The van der Waals surface area contributed by atoms with E-state index in [1.54, 1.807) is 0 Å². The molecule has 1 atom stereocenters. The molecule has 0 saturated heterocycles. The third-order valence-electron chi connectivity index (χ3n) is 4.69. The highest BCUT2D eigenvalue weighted by Gasteiger charge is 2.27. The lowest BCUT2D eigenvalue weighted by molar-refractivity contribution is -0.149. The molecule has 2 N–H and O–H groups in total. The van der Waals surface area contributed by atoms with Crippen molar-refractivity contribution in [3.05, 3.63) is 0 Å². The van der Waals surface area contributed by atoms with E-state index in [9.17, 15) is 14.7 Å². The average molecular weight is 358 g/mol. The first kappa shape index (κ1) is 23.9. The van der Waals surface area contributed by atoms with Crippen molar-refractivity contribution < 1.29 is 19.8 Å². The Morgan fingerprint density at radius 3 is 1.48 bits per heavy atom. The van der Waals surface area contributed by atoms with Crippen LogP contribution in [0.5, 0.6) is 0 Å². The van der Waals surface area contributed by atoms with Gasteiger partial charge in [0.05, 0.1) is 6.42 Å². The summed E-state index contributed by atoms with van der Waals surface area (Å²) in [4.78, 5) is 24.4. The minimum atomic E-state index is -1.04. The van der Waals surface area contributed by atoms with E-state index in [2.05, 4.69) is 13.8 Å². The summed E-state index contributed by atoms with van der Waals surface area (Å²) in [5, 5.41) is 18.5. The first-order valence-corrected chi connectivity index (χ1v) is 10.2. The van der Waals surface area contributed by atoms with Gasteiger partial charge in [0.15, 0.2) is 0 Å². The van der Waals surface area contributed by atoms with E-state index >= 15 is 0 Å². The van der Waals surface area contributed by atoms with Crippen molar-refractivity contribution in [1.82, 2.24) is 4.90 Å². The lowest BCUT2D eigenvalue weighted by Crippen LogP contribution is -2.43. The summed E-state index contributed by atoms with van der Waals surface area (Å²) in [6, 6.07) is -0.899. The molecule has 0 aliphatic rings. The molecular weight excluding hydrogens is 318 g/mol. The number of hydrogen-bond donors (Lipinski definition) is 2. The number of carbonyl (C=O) groups is 2. The van der Waals surface area contributed by atoms with Gasteiger partial charge in [0.1, 0.15) is 6.04 Å². The predicted molar refractivity (Wildman–Crippen MR) is 102 cm³/mol. The van der Waals surface area contributed by atoms with Crippen LogP contribution in [0.3, 0.4) is 0 Å². The quantitative estimate of drug-likeness (QED) is 0.340. The molecule has 0 aromatic carbocycles. The zero-order valence-electron chi connectivity index (χ0n) is 16.3. The molecule has 0 amide bonds. The molecule has 0 saturated carbocycles. The first-order chi connectivity index (χ1) is 12.0. The van der Waals surface area contributed by atoms with E-state index in [0.717, 1.165) is 25.7 Å². The fourth-order valence-electron chi connectivity index (χ4n) is 3.15. The lowest BCUT2D eigenvalue weighted by Gasteiger charge is -2.28. The standard InChI is InChI=1S/C20H39NO4/c1-3-5-7-9-11-13-15-21(16-14-12-10-8-6-4-2)18(20(24)25)17-19(22)23/h18H,3-17H2,1-2H3,(H,22,23)(H,24,25). The van der Waals surface area contributed by atoms with Crippen LogP contribution in [0.15, 0.2) is 0 Å². The summed E-state index contributed by atoms with van der Waals surface area (Å²) in [5.41, 5.74) is 0. The van der Waals surface area contributed by atoms with E-state index in [4.69, 9.17) is 5.11 Å².